The summed E-state index contributed by atoms with van der Waals surface area (Å²) in [4.78, 5) is 0.764. The molecule has 0 radical (unpaired) electrons. The molecule has 1 N–H and O–H groups in total. The molecule has 4 aromatic rings. The minimum Gasteiger partial charge on any atom is -0.744 e. The molecule has 0 saturated carbocycles. The maximum Gasteiger partial charge on any atom is 1.00 e. The molecule has 0 unspecified atom stereocenters. The Morgan fingerprint density at radius 3 is 1.83 bits per heavy atom. The molecule has 4 aromatic carbocycles. The van der Waals surface area contributed by atoms with Gasteiger partial charge in [-0.05, 0) is 103 Å². The molecule has 0 aromatic heterocycles. The number of nitrogens with zero attached hydrogens (tertiary/aromatic N) is 2. The summed E-state index contributed by atoms with van der Waals surface area (Å²) in [6.07, 6.45) is 7.13. The topological polar surface area (TPSA) is 198 Å². The van der Waals surface area contributed by atoms with E-state index in [-0.39, 0.29) is 74.5 Å². The second-order valence-electron chi connectivity index (χ2n) is 11.8. The average Bonchev–Trinajstić information content (AvgIpc) is 3.10. The van der Waals surface area contributed by atoms with E-state index < -0.39 is 41.0 Å². The standard InChI is InChI=1S/C37H36N2O10S3.2Na/c1-3-38(24-26-8-19-33(20-9-26)50(41,42)43)30-14-10-28(11-15-30)37(35-21-18-32(40)23-36(35)52(47,48)49)29-12-16-31(17-13-29)39(4-2)25-27-6-5-7-34(22-27)51(44,45)46;;/h5-23H,3-4,24-25H2,1-2H3,(H3,41,42,43,44,45,46,47,48,49);;/q;2*+1/p-2. The van der Waals surface area contributed by atoms with Crippen molar-refractivity contribution in [1.29, 1.82) is 0 Å². The fourth-order valence-corrected chi connectivity index (χ4v) is 7.57. The maximum atomic E-state index is 12.4. The summed E-state index contributed by atoms with van der Waals surface area (Å²) in [6.45, 7) is 5.64. The smallest absolute Gasteiger partial charge is 0.744 e. The van der Waals surface area contributed by atoms with Crippen molar-refractivity contribution in [3.05, 3.63) is 143 Å². The molecule has 54 heavy (non-hydrogen) atoms. The molecule has 0 atom stereocenters. The van der Waals surface area contributed by atoms with Crippen molar-refractivity contribution < 1.29 is 108 Å². The Labute approximate surface area is 360 Å². The second-order valence-corrected chi connectivity index (χ2v) is 15.9. The van der Waals surface area contributed by atoms with Crippen LogP contribution in [0.1, 0.15) is 36.1 Å². The molecule has 0 saturated heterocycles. The Balaban J connectivity index is 0.00000392. The number of phenols is 1. The fraction of sp³-hybridized carbons (Fsp3) is 0.162. The van der Waals surface area contributed by atoms with E-state index in [2.05, 4.69) is 0 Å². The van der Waals surface area contributed by atoms with E-state index in [9.17, 15) is 44.0 Å². The summed E-state index contributed by atoms with van der Waals surface area (Å²) in [7, 11) is -14.2. The third-order valence-electron chi connectivity index (χ3n) is 8.46. The molecule has 1 aliphatic rings. The SMILES string of the molecule is CCN(Cc1ccc(S(=O)(=O)[O-])cc1)c1ccc(C(=C2C=CC(=[N+](CC)Cc3cccc(S(=O)(=O)[O-])c3)C=C2)c2ccc(O)cc2S(=O)(=O)[O-])cc1.[Na+].[Na+]. The zero-order valence-electron chi connectivity index (χ0n) is 30.0. The van der Waals surface area contributed by atoms with Crippen LogP contribution in [0.5, 0.6) is 5.75 Å². The number of rotatable bonds is 12. The summed E-state index contributed by atoms with van der Waals surface area (Å²) < 4.78 is 108. The minimum absolute atomic E-state index is 0. The largest absolute Gasteiger partial charge is 1.00 e. The van der Waals surface area contributed by atoms with Crippen molar-refractivity contribution >= 4 is 47.3 Å². The van der Waals surface area contributed by atoms with E-state index in [0.717, 1.165) is 23.0 Å². The number of phenolic OH excluding ortho intramolecular Hbond substituents is 1. The van der Waals surface area contributed by atoms with E-state index in [4.69, 9.17) is 0 Å². The van der Waals surface area contributed by atoms with E-state index >= 15 is 0 Å². The monoisotopic (exact) mass is 808 g/mol. The molecule has 0 heterocycles. The summed E-state index contributed by atoms with van der Waals surface area (Å²) in [5.41, 5.74) is 4.52. The van der Waals surface area contributed by atoms with Crippen LogP contribution in [0.25, 0.3) is 5.57 Å². The van der Waals surface area contributed by atoms with Gasteiger partial charge in [-0.3, -0.25) is 0 Å². The predicted molar refractivity (Wildman–Crippen MR) is 192 cm³/mol. The number of anilines is 1. The van der Waals surface area contributed by atoms with Gasteiger partial charge >= 0.3 is 59.1 Å². The third-order valence-corrected chi connectivity index (χ3v) is 11.0. The Morgan fingerprint density at radius 2 is 1.30 bits per heavy atom. The molecule has 12 nitrogen and oxygen atoms in total. The van der Waals surface area contributed by atoms with E-state index in [1.54, 1.807) is 54.6 Å². The van der Waals surface area contributed by atoms with Gasteiger partial charge in [0.1, 0.15) is 42.6 Å². The first kappa shape index (κ1) is 45.5. The normalized spacial score (nSPS) is 12.8. The van der Waals surface area contributed by atoms with Gasteiger partial charge in [0.05, 0.1) is 14.7 Å². The van der Waals surface area contributed by atoms with Gasteiger partial charge in [0.15, 0.2) is 12.3 Å². The van der Waals surface area contributed by atoms with Crippen LogP contribution >= 0.6 is 0 Å². The molecule has 5 rings (SSSR count). The molecule has 0 fully saturated rings. The van der Waals surface area contributed by atoms with Gasteiger partial charge in [0, 0.05) is 42.1 Å². The number of allylic oxidation sites excluding steroid dienone is 5. The van der Waals surface area contributed by atoms with Gasteiger partial charge in [-0.2, -0.15) is 0 Å². The van der Waals surface area contributed by atoms with Crippen LogP contribution in [0.2, 0.25) is 0 Å². The van der Waals surface area contributed by atoms with Gasteiger partial charge in [-0.25, -0.2) is 29.8 Å². The summed E-state index contributed by atoms with van der Waals surface area (Å²) >= 11 is 0. The summed E-state index contributed by atoms with van der Waals surface area (Å²) in [5, 5.41) is 10.1. The van der Waals surface area contributed by atoms with Crippen molar-refractivity contribution in [1.82, 2.24) is 0 Å². The number of hydrogen-bond acceptors (Lipinski definition) is 11. The number of aromatic hydroxyl groups is 1. The van der Waals surface area contributed by atoms with Gasteiger partial charge in [-0.15, -0.1) is 0 Å². The van der Waals surface area contributed by atoms with E-state index in [1.165, 1.54) is 42.5 Å². The third kappa shape index (κ3) is 11.3. The van der Waals surface area contributed by atoms with Gasteiger partial charge in [0.25, 0.3) is 0 Å². The Bertz CT molecular complexity index is 2450. The first-order valence-electron chi connectivity index (χ1n) is 15.9. The molecule has 0 aliphatic heterocycles. The van der Waals surface area contributed by atoms with E-state index in [0.29, 0.717) is 48.5 Å². The molecule has 272 valence electrons. The zero-order chi connectivity index (χ0) is 37.8. The van der Waals surface area contributed by atoms with Crippen LogP contribution in [0, 0.1) is 0 Å². The Kier molecular flexibility index (Phi) is 15.9. The van der Waals surface area contributed by atoms with Crippen molar-refractivity contribution in [2.75, 3.05) is 18.0 Å². The minimum atomic E-state index is -5.03. The first-order valence-corrected chi connectivity index (χ1v) is 20.2. The van der Waals surface area contributed by atoms with Crippen molar-refractivity contribution in [3.63, 3.8) is 0 Å². The van der Waals surface area contributed by atoms with Crippen LogP contribution in [0.4, 0.5) is 5.69 Å². The quantitative estimate of drug-likeness (QED) is 0.102. The van der Waals surface area contributed by atoms with Crippen LogP contribution in [0.3, 0.4) is 0 Å². The molecular weight excluding hydrogens is 775 g/mol. The maximum absolute atomic E-state index is 12.4. The van der Waals surface area contributed by atoms with Gasteiger partial charge in [-0.1, -0.05) is 36.4 Å². The molecular formula is C37H34N2Na2O10S3. The number of hydrogen-bond donors (Lipinski definition) is 1. The van der Waals surface area contributed by atoms with Crippen LogP contribution in [-0.4, -0.2) is 67.4 Å². The molecule has 1 aliphatic carbocycles. The van der Waals surface area contributed by atoms with Crippen LogP contribution in [0.15, 0.2) is 136 Å². The van der Waals surface area contributed by atoms with Crippen molar-refractivity contribution in [2.24, 2.45) is 0 Å². The van der Waals surface area contributed by atoms with Crippen molar-refractivity contribution in [3.8, 4) is 5.75 Å². The Hall–Kier alpha value is -2.90. The number of benzene rings is 4. The molecule has 17 heteroatoms. The van der Waals surface area contributed by atoms with Crippen molar-refractivity contribution in [2.45, 2.75) is 41.6 Å². The van der Waals surface area contributed by atoms with Gasteiger partial charge in [0.2, 0.25) is 0 Å². The summed E-state index contributed by atoms with van der Waals surface area (Å²) in [5.74, 6) is -0.393. The van der Waals surface area contributed by atoms with Crippen LogP contribution < -0.4 is 64.0 Å². The fourth-order valence-electron chi connectivity index (χ4n) is 5.85. The van der Waals surface area contributed by atoms with Gasteiger partial charge < -0.3 is 23.7 Å². The predicted octanol–water partition coefficient (Wildman–Crippen LogP) is -1.26. The molecule has 0 bridgehead atoms. The first-order chi connectivity index (χ1) is 24.5. The zero-order valence-corrected chi connectivity index (χ0v) is 36.5. The Morgan fingerprint density at radius 1 is 0.685 bits per heavy atom. The molecule has 0 spiro atoms. The molecule has 0 amide bonds. The van der Waals surface area contributed by atoms with E-state index in [1.807, 2.05) is 35.5 Å². The average molecular weight is 809 g/mol. The summed E-state index contributed by atoms with van der Waals surface area (Å²) in [6, 6.07) is 22.2. The van der Waals surface area contributed by atoms with Crippen LogP contribution in [-0.2, 0) is 43.4 Å². The second kappa shape index (κ2) is 18.8.